The summed E-state index contributed by atoms with van der Waals surface area (Å²) in [5.74, 6) is 0.432. The van der Waals surface area contributed by atoms with Crippen LogP contribution in [0.1, 0.15) is 20.8 Å². The molecule has 17 heavy (non-hydrogen) atoms. The van der Waals surface area contributed by atoms with E-state index in [1.165, 1.54) is 0 Å². The molecule has 0 fully saturated rings. The van der Waals surface area contributed by atoms with Gasteiger partial charge in [0, 0.05) is 19.6 Å². The summed E-state index contributed by atoms with van der Waals surface area (Å²) in [5.41, 5.74) is 0. The fourth-order valence-corrected chi connectivity index (χ4v) is 1.35. The zero-order chi connectivity index (χ0) is 13.4. The predicted molar refractivity (Wildman–Crippen MR) is 69.9 cm³/mol. The van der Waals surface area contributed by atoms with E-state index in [0.717, 1.165) is 0 Å². The predicted octanol–water partition coefficient (Wildman–Crippen LogP) is -0.341. The number of nitrogens with zero attached hydrogens (tertiary/aromatic N) is 1. The Hall–Kier alpha value is -0.650. The van der Waals surface area contributed by atoms with Crippen molar-refractivity contribution in [2.75, 3.05) is 33.7 Å². The molecule has 0 aliphatic rings. The lowest BCUT2D eigenvalue weighted by Gasteiger charge is -2.19. The first kappa shape index (κ1) is 16.4. The van der Waals surface area contributed by atoms with Crippen molar-refractivity contribution < 1.29 is 9.90 Å². The average Bonchev–Trinajstić information content (AvgIpc) is 2.21. The summed E-state index contributed by atoms with van der Waals surface area (Å²) >= 11 is 0. The van der Waals surface area contributed by atoms with Crippen LogP contribution < -0.4 is 10.6 Å². The van der Waals surface area contributed by atoms with Crippen molar-refractivity contribution in [2.24, 2.45) is 5.92 Å². The van der Waals surface area contributed by atoms with Gasteiger partial charge in [0.1, 0.15) is 0 Å². The van der Waals surface area contributed by atoms with Crippen LogP contribution in [0.3, 0.4) is 0 Å². The summed E-state index contributed by atoms with van der Waals surface area (Å²) in [4.78, 5) is 13.5. The molecule has 5 heteroatoms. The van der Waals surface area contributed by atoms with Crippen molar-refractivity contribution in [3.8, 4) is 0 Å². The Morgan fingerprint density at radius 1 is 1.24 bits per heavy atom. The second-order valence-corrected chi connectivity index (χ2v) is 5.19. The standard InChI is InChI=1S/C12H27N3O2/c1-9(2)6-14-12(17)10(3)13-7-11(16)8-15(4)5/h9-11,13,16H,6-8H2,1-5H3,(H,14,17). The van der Waals surface area contributed by atoms with Gasteiger partial charge in [-0.1, -0.05) is 13.8 Å². The number of amides is 1. The van der Waals surface area contributed by atoms with E-state index in [9.17, 15) is 9.90 Å². The average molecular weight is 245 g/mol. The number of likely N-dealkylation sites (N-methyl/N-ethyl adjacent to an activating group) is 1. The lowest BCUT2D eigenvalue weighted by atomic mass is 10.2. The van der Waals surface area contributed by atoms with Crippen molar-refractivity contribution in [3.63, 3.8) is 0 Å². The Kier molecular flexibility index (Phi) is 8.12. The topological polar surface area (TPSA) is 64.6 Å². The highest BCUT2D eigenvalue weighted by Crippen LogP contribution is 1.90. The molecular formula is C12H27N3O2. The molecule has 0 saturated heterocycles. The van der Waals surface area contributed by atoms with Crippen LogP contribution in [0.4, 0.5) is 0 Å². The zero-order valence-electron chi connectivity index (χ0n) is 11.7. The van der Waals surface area contributed by atoms with Crippen LogP contribution in [0.25, 0.3) is 0 Å². The molecule has 0 aromatic heterocycles. The Balaban J connectivity index is 3.77. The number of rotatable bonds is 8. The summed E-state index contributed by atoms with van der Waals surface area (Å²) in [6.07, 6.45) is -0.453. The van der Waals surface area contributed by atoms with Crippen LogP contribution in [0.5, 0.6) is 0 Å². The molecule has 2 unspecified atom stereocenters. The molecule has 0 rings (SSSR count). The second kappa shape index (κ2) is 8.44. The molecule has 0 aromatic rings. The highest BCUT2D eigenvalue weighted by Gasteiger charge is 2.14. The maximum atomic E-state index is 11.6. The third-order valence-corrected chi connectivity index (χ3v) is 2.31. The van der Waals surface area contributed by atoms with Gasteiger partial charge >= 0.3 is 0 Å². The van der Waals surface area contributed by atoms with E-state index in [1.54, 1.807) is 6.92 Å². The van der Waals surface area contributed by atoms with Crippen LogP contribution >= 0.6 is 0 Å². The molecular weight excluding hydrogens is 218 g/mol. The lowest BCUT2D eigenvalue weighted by molar-refractivity contribution is -0.123. The van der Waals surface area contributed by atoms with E-state index >= 15 is 0 Å². The SMILES string of the molecule is CC(C)CNC(=O)C(C)NCC(O)CN(C)C. The van der Waals surface area contributed by atoms with Gasteiger partial charge in [-0.2, -0.15) is 0 Å². The smallest absolute Gasteiger partial charge is 0.236 e. The molecule has 0 aliphatic heterocycles. The van der Waals surface area contributed by atoms with E-state index in [4.69, 9.17) is 0 Å². The minimum absolute atomic E-state index is 0.0178. The van der Waals surface area contributed by atoms with Gasteiger partial charge in [0.15, 0.2) is 0 Å². The van der Waals surface area contributed by atoms with Crippen molar-refractivity contribution in [1.29, 1.82) is 0 Å². The molecule has 1 amide bonds. The number of hydrogen-bond donors (Lipinski definition) is 3. The summed E-state index contributed by atoms with van der Waals surface area (Å²) in [5, 5.41) is 15.5. The zero-order valence-corrected chi connectivity index (χ0v) is 11.7. The normalized spacial score (nSPS) is 15.1. The molecule has 0 bridgehead atoms. The van der Waals surface area contributed by atoms with E-state index in [0.29, 0.717) is 25.6 Å². The lowest BCUT2D eigenvalue weighted by Crippen LogP contribution is -2.46. The minimum Gasteiger partial charge on any atom is -0.390 e. The Morgan fingerprint density at radius 2 is 1.82 bits per heavy atom. The molecule has 0 saturated carbocycles. The Bertz CT molecular complexity index is 220. The van der Waals surface area contributed by atoms with Crippen LogP contribution in [0.2, 0.25) is 0 Å². The molecule has 0 spiro atoms. The molecule has 5 nitrogen and oxygen atoms in total. The van der Waals surface area contributed by atoms with Gasteiger partial charge in [-0.05, 0) is 26.9 Å². The van der Waals surface area contributed by atoms with Crippen LogP contribution in [0.15, 0.2) is 0 Å². The van der Waals surface area contributed by atoms with Crippen LogP contribution in [0, 0.1) is 5.92 Å². The number of nitrogens with one attached hydrogen (secondary N) is 2. The third-order valence-electron chi connectivity index (χ3n) is 2.31. The minimum atomic E-state index is -0.453. The Morgan fingerprint density at radius 3 is 2.29 bits per heavy atom. The first-order valence-corrected chi connectivity index (χ1v) is 6.16. The first-order chi connectivity index (χ1) is 7.82. The van der Waals surface area contributed by atoms with Gasteiger partial charge in [-0.3, -0.25) is 4.79 Å². The molecule has 0 heterocycles. The van der Waals surface area contributed by atoms with Gasteiger partial charge in [-0.25, -0.2) is 0 Å². The first-order valence-electron chi connectivity index (χ1n) is 6.16. The molecule has 0 aliphatic carbocycles. The van der Waals surface area contributed by atoms with Crippen LogP contribution in [-0.4, -0.2) is 61.8 Å². The molecule has 0 radical (unpaired) electrons. The van der Waals surface area contributed by atoms with Gasteiger partial charge < -0.3 is 20.6 Å². The van der Waals surface area contributed by atoms with Gasteiger partial charge in [0.25, 0.3) is 0 Å². The largest absolute Gasteiger partial charge is 0.390 e. The van der Waals surface area contributed by atoms with Crippen molar-refractivity contribution in [1.82, 2.24) is 15.5 Å². The summed E-state index contributed by atoms with van der Waals surface area (Å²) in [7, 11) is 3.81. The fourth-order valence-electron chi connectivity index (χ4n) is 1.35. The molecule has 102 valence electrons. The van der Waals surface area contributed by atoms with E-state index in [1.807, 2.05) is 19.0 Å². The molecule has 0 aromatic carbocycles. The number of aliphatic hydroxyl groups excluding tert-OH is 1. The van der Waals surface area contributed by atoms with E-state index < -0.39 is 6.10 Å². The number of carbonyl (C=O) groups excluding carboxylic acids is 1. The van der Waals surface area contributed by atoms with Crippen molar-refractivity contribution in [3.05, 3.63) is 0 Å². The number of hydrogen-bond acceptors (Lipinski definition) is 4. The maximum Gasteiger partial charge on any atom is 0.236 e. The summed E-state index contributed by atoms with van der Waals surface area (Å²) in [6.45, 7) is 7.61. The van der Waals surface area contributed by atoms with Crippen molar-refractivity contribution >= 4 is 5.91 Å². The summed E-state index contributed by atoms with van der Waals surface area (Å²) in [6, 6.07) is -0.273. The highest BCUT2D eigenvalue weighted by molar-refractivity contribution is 5.81. The number of carbonyl (C=O) groups is 1. The number of aliphatic hydroxyl groups is 1. The van der Waals surface area contributed by atoms with Gasteiger partial charge in [0.05, 0.1) is 12.1 Å². The van der Waals surface area contributed by atoms with Gasteiger partial charge in [-0.15, -0.1) is 0 Å². The second-order valence-electron chi connectivity index (χ2n) is 5.19. The van der Waals surface area contributed by atoms with Crippen molar-refractivity contribution in [2.45, 2.75) is 32.9 Å². The van der Waals surface area contributed by atoms with Gasteiger partial charge in [0.2, 0.25) is 5.91 Å². The fraction of sp³-hybridized carbons (Fsp3) is 0.917. The third kappa shape index (κ3) is 9.09. The maximum absolute atomic E-state index is 11.6. The van der Waals surface area contributed by atoms with E-state index in [-0.39, 0.29) is 11.9 Å². The van der Waals surface area contributed by atoms with Crippen LogP contribution in [-0.2, 0) is 4.79 Å². The quantitative estimate of drug-likeness (QED) is 0.547. The Labute approximate surface area is 105 Å². The highest BCUT2D eigenvalue weighted by atomic mass is 16.3. The van der Waals surface area contributed by atoms with E-state index in [2.05, 4.69) is 24.5 Å². The monoisotopic (exact) mass is 245 g/mol. The molecule has 2 atom stereocenters. The molecule has 3 N–H and O–H groups in total. The summed E-state index contributed by atoms with van der Waals surface area (Å²) < 4.78 is 0.